The largest absolute Gasteiger partial charge is 0.321 e. The van der Waals surface area contributed by atoms with Gasteiger partial charge in [-0.25, -0.2) is 9.88 Å². The summed E-state index contributed by atoms with van der Waals surface area (Å²) >= 11 is 18.1. The van der Waals surface area contributed by atoms with Crippen molar-refractivity contribution in [3.8, 4) is 0 Å². The maximum atomic E-state index is 12.6. The number of halogens is 3. The van der Waals surface area contributed by atoms with Crippen LogP contribution in [0.3, 0.4) is 0 Å². The van der Waals surface area contributed by atoms with Crippen LogP contribution in [0, 0.1) is 0 Å². The Morgan fingerprint density at radius 3 is 2.14 bits per heavy atom. The molecule has 0 atom stereocenters. The Bertz CT molecular complexity index is 1160. The second kappa shape index (κ2) is 7.48. The van der Waals surface area contributed by atoms with Crippen molar-refractivity contribution in [1.82, 2.24) is 4.98 Å². The number of imide groups is 1. The van der Waals surface area contributed by atoms with Gasteiger partial charge >= 0.3 is 0 Å². The molecule has 0 saturated carbocycles. The average Bonchev–Trinajstić information content (AvgIpc) is 2.95. The molecule has 29 heavy (non-hydrogen) atoms. The highest BCUT2D eigenvalue weighted by atomic mass is 35.5. The molecule has 2 aromatic carbocycles. The minimum atomic E-state index is -0.581. The van der Waals surface area contributed by atoms with E-state index in [-0.39, 0.29) is 26.6 Å². The molecule has 6 nitrogen and oxygen atoms in total. The predicted octanol–water partition coefficient (Wildman–Crippen LogP) is 5.09. The molecule has 1 aromatic heterocycles. The first-order valence-electron chi connectivity index (χ1n) is 8.27. The van der Waals surface area contributed by atoms with Crippen molar-refractivity contribution in [3.05, 3.63) is 86.6 Å². The summed E-state index contributed by atoms with van der Waals surface area (Å²) in [5.41, 5.74) is 1.13. The molecule has 1 aliphatic heterocycles. The van der Waals surface area contributed by atoms with Gasteiger partial charge in [0.05, 0.1) is 26.9 Å². The molecular weight excluding hydrogens is 437 g/mol. The van der Waals surface area contributed by atoms with Crippen molar-refractivity contribution in [2.45, 2.75) is 0 Å². The third kappa shape index (κ3) is 3.46. The zero-order valence-electron chi connectivity index (χ0n) is 14.4. The lowest BCUT2D eigenvalue weighted by Crippen LogP contribution is -2.29. The third-order valence-electron chi connectivity index (χ3n) is 4.27. The summed E-state index contributed by atoms with van der Waals surface area (Å²) in [6.07, 6.45) is 0. The number of carbonyl (C=O) groups is 3. The first-order chi connectivity index (χ1) is 13.9. The molecule has 0 aliphatic carbocycles. The van der Waals surface area contributed by atoms with E-state index in [4.69, 9.17) is 34.8 Å². The number of nitrogens with zero attached hydrogens (tertiary/aromatic N) is 2. The number of fused-ring (bicyclic) bond motifs is 1. The molecule has 0 spiro atoms. The zero-order valence-corrected chi connectivity index (χ0v) is 16.7. The average molecular weight is 447 g/mol. The van der Waals surface area contributed by atoms with Gasteiger partial charge < -0.3 is 5.32 Å². The molecule has 0 unspecified atom stereocenters. The van der Waals surface area contributed by atoms with Gasteiger partial charge in [0.25, 0.3) is 17.7 Å². The van der Waals surface area contributed by atoms with Crippen molar-refractivity contribution in [1.29, 1.82) is 0 Å². The van der Waals surface area contributed by atoms with Crippen LogP contribution in [0.15, 0.2) is 54.6 Å². The first kappa shape index (κ1) is 19.4. The second-order valence-electron chi connectivity index (χ2n) is 6.08. The number of aromatic nitrogens is 1. The summed E-state index contributed by atoms with van der Waals surface area (Å²) in [4.78, 5) is 42.6. The van der Waals surface area contributed by atoms with Crippen LogP contribution in [0.5, 0.6) is 0 Å². The van der Waals surface area contributed by atoms with Crippen molar-refractivity contribution < 1.29 is 14.4 Å². The Labute approximate surface area is 180 Å². The maximum absolute atomic E-state index is 12.6. The molecule has 4 rings (SSSR count). The highest BCUT2D eigenvalue weighted by Crippen LogP contribution is 2.35. The lowest BCUT2D eigenvalue weighted by molar-refractivity contribution is 0.0924. The lowest BCUT2D eigenvalue weighted by atomic mass is 10.1. The summed E-state index contributed by atoms with van der Waals surface area (Å²) in [7, 11) is 0. The van der Waals surface area contributed by atoms with Crippen LogP contribution in [0.4, 0.5) is 11.4 Å². The SMILES string of the molecule is O=C(Nc1ccc(N2C(=O)c3ccccc3C2=O)c(Cl)c1)c1nc(Cl)ccc1Cl. The van der Waals surface area contributed by atoms with Gasteiger partial charge in [-0.2, -0.15) is 0 Å². The van der Waals surface area contributed by atoms with E-state index in [1.807, 2.05) is 0 Å². The zero-order chi connectivity index (χ0) is 20.7. The number of nitrogens with one attached hydrogen (secondary N) is 1. The summed E-state index contributed by atoms with van der Waals surface area (Å²) in [6, 6.07) is 13.9. The second-order valence-corrected chi connectivity index (χ2v) is 7.28. The van der Waals surface area contributed by atoms with Gasteiger partial charge in [-0.1, -0.05) is 46.9 Å². The fourth-order valence-corrected chi connectivity index (χ4v) is 3.55. The van der Waals surface area contributed by atoms with Gasteiger partial charge in [0.1, 0.15) is 10.8 Å². The smallest absolute Gasteiger partial charge is 0.275 e. The van der Waals surface area contributed by atoms with E-state index in [9.17, 15) is 14.4 Å². The molecule has 0 bridgehead atoms. The molecule has 3 aromatic rings. The first-order valence-corrected chi connectivity index (χ1v) is 9.41. The molecule has 144 valence electrons. The van der Waals surface area contributed by atoms with Crippen molar-refractivity contribution in [2.24, 2.45) is 0 Å². The molecule has 1 aliphatic rings. The van der Waals surface area contributed by atoms with Crippen molar-refractivity contribution >= 4 is 63.9 Å². The molecule has 2 heterocycles. The van der Waals surface area contributed by atoms with Crippen LogP contribution in [-0.2, 0) is 0 Å². The van der Waals surface area contributed by atoms with E-state index in [1.165, 1.54) is 30.3 Å². The van der Waals surface area contributed by atoms with Gasteiger partial charge in [0, 0.05) is 5.69 Å². The lowest BCUT2D eigenvalue weighted by Gasteiger charge is -2.16. The van der Waals surface area contributed by atoms with Crippen LogP contribution >= 0.6 is 34.8 Å². The molecule has 0 radical (unpaired) electrons. The Morgan fingerprint density at radius 1 is 0.862 bits per heavy atom. The van der Waals surface area contributed by atoms with Gasteiger partial charge in [-0.15, -0.1) is 0 Å². The Kier molecular flexibility index (Phi) is 5.00. The van der Waals surface area contributed by atoms with Crippen LogP contribution < -0.4 is 10.2 Å². The Morgan fingerprint density at radius 2 is 1.52 bits per heavy atom. The summed E-state index contributed by atoms with van der Waals surface area (Å²) < 4.78 is 0. The van der Waals surface area contributed by atoms with Gasteiger partial charge in [0.15, 0.2) is 0 Å². The van der Waals surface area contributed by atoms with E-state index in [1.54, 1.807) is 24.3 Å². The monoisotopic (exact) mass is 445 g/mol. The summed E-state index contributed by atoms with van der Waals surface area (Å²) in [5, 5.41) is 2.98. The highest BCUT2D eigenvalue weighted by molar-refractivity contribution is 6.40. The number of amides is 3. The minimum absolute atomic E-state index is 0.0419. The van der Waals surface area contributed by atoms with Crippen molar-refractivity contribution in [2.75, 3.05) is 10.2 Å². The number of hydrogen-bond donors (Lipinski definition) is 1. The normalized spacial score (nSPS) is 12.9. The summed E-state index contributed by atoms with van der Waals surface area (Å²) in [6.45, 7) is 0. The van der Waals surface area contributed by atoms with Gasteiger partial charge in [-0.3, -0.25) is 14.4 Å². The van der Waals surface area contributed by atoms with Crippen LogP contribution in [-0.4, -0.2) is 22.7 Å². The maximum Gasteiger partial charge on any atom is 0.275 e. The van der Waals surface area contributed by atoms with Gasteiger partial charge in [-0.05, 0) is 42.5 Å². The van der Waals surface area contributed by atoms with E-state index in [2.05, 4.69) is 10.3 Å². The van der Waals surface area contributed by atoms with Crippen LogP contribution in [0.2, 0.25) is 15.2 Å². The number of benzene rings is 2. The fourth-order valence-electron chi connectivity index (χ4n) is 2.94. The molecular formula is C20H10Cl3N3O3. The van der Waals surface area contributed by atoms with Gasteiger partial charge in [0.2, 0.25) is 0 Å². The number of carbonyl (C=O) groups excluding carboxylic acids is 3. The van der Waals surface area contributed by atoms with E-state index >= 15 is 0 Å². The molecule has 1 N–H and O–H groups in total. The Balaban J connectivity index is 1.61. The van der Waals surface area contributed by atoms with Crippen LogP contribution in [0.1, 0.15) is 31.2 Å². The quantitative estimate of drug-likeness (QED) is 0.449. The number of rotatable bonds is 3. The Hall–Kier alpha value is -2.93. The topological polar surface area (TPSA) is 79.4 Å². The van der Waals surface area contributed by atoms with Crippen molar-refractivity contribution in [3.63, 3.8) is 0 Å². The van der Waals surface area contributed by atoms with Crippen LogP contribution in [0.25, 0.3) is 0 Å². The number of pyridine rings is 1. The van der Waals surface area contributed by atoms with E-state index in [0.717, 1.165) is 4.90 Å². The molecule has 9 heteroatoms. The molecule has 0 fully saturated rings. The molecule has 3 amide bonds. The summed E-state index contributed by atoms with van der Waals surface area (Å²) in [5.74, 6) is -1.50. The number of anilines is 2. The predicted molar refractivity (Wildman–Crippen MR) is 111 cm³/mol. The van der Waals surface area contributed by atoms with E-state index in [0.29, 0.717) is 16.8 Å². The standard InChI is InChI=1S/C20H10Cl3N3O3/c21-13-6-8-16(23)25-17(13)18(27)24-10-5-7-15(14(22)9-10)26-19(28)11-3-1-2-4-12(11)20(26)29/h1-9H,(H,24,27). The number of hydrogen-bond acceptors (Lipinski definition) is 4. The molecule has 0 saturated heterocycles. The highest BCUT2D eigenvalue weighted by Gasteiger charge is 2.37. The third-order valence-corrected chi connectivity index (χ3v) is 5.09. The van der Waals surface area contributed by atoms with E-state index < -0.39 is 17.7 Å². The fraction of sp³-hybridized carbons (Fsp3) is 0. The minimum Gasteiger partial charge on any atom is -0.321 e.